The highest BCUT2D eigenvalue weighted by molar-refractivity contribution is 5.96. The molecule has 20 heavy (non-hydrogen) atoms. The molecule has 0 bridgehead atoms. The van der Waals surface area contributed by atoms with Crippen LogP contribution in [0.25, 0.3) is 10.9 Å². The van der Waals surface area contributed by atoms with Crippen LogP contribution >= 0.6 is 0 Å². The van der Waals surface area contributed by atoms with Gasteiger partial charge in [0.15, 0.2) is 0 Å². The van der Waals surface area contributed by atoms with E-state index >= 15 is 0 Å². The molecule has 0 saturated heterocycles. The Balaban J connectivity index is 1.82. The standard InChI is InChI=1S/C16H15N3O/c20-16(12-5-6-12)19-10-13(9-18-8-7-17-11-18)14-3-1-2-4-15(14)19/h1-4,7-8,10-12H,5-6,9H2. The van der Waals surface area contributed by atoms with E-state index in [4.69, 9.17) is 0 Å². The molecule has 1 aliphatic carbocycles. The molecule has 4 heteroatoms. The molecule has 0 unspecified atom stereocenters. The van der Waals surface area contributed by atoms with Crippen molar-refractivity contribution in [1.82, 2.24) is 14.1 Å². The fourth-order valence-electron chi connectivity index (χ4n) is 2.66. The van der Waals surface area contributed by atoms with Gasteiger partial charge < -0.3 is 4.57 Å². The summed E-state index contributed by atoms with van der Waals surface area (Å²) in [5, 5.41) is 1.15. The molecule has 1 fully saturated rings. The highest BCUT2D eigenvalue weighted by atomic mass is 16.2. The van der Waals surface area contributed by atoms with Crippen LogP contribution < -0.4 is 0 Å². The van der Waals surface area contributed by atoms with Gasteiger partial charge in [0.2, 0.25) is 5.91 Å². The molecule has 0 radical (unpaired) electrons. The van der Waals surface area contributed by atoms with E-state index in [1.165, 1.54) is 0 Å². The maximum Gasteiger partial charge on any atom is 0.234 e. The SMILES string of the molecule is O=C(C1CC1)n1cc(Cn2ccnc2)c2ccccc21. The van der Waals surface area contributed by atoms with Crippen LogP contribution in [0.3, 0.4) is 0 Å². The third-order valence-electron chi connectivity index (χ3n) is 3.87. The van der Waals surface area contributed by atoms with Crippen molar-refractivity contribution in [2.75, 3.05) is 0 Å². The summed E-state index contributed by atoms with van der Waals surface area (Å²) >= 11 is 0. The van der Waals surface area contributed by atoms with Crippen molar-refractivity contribution in [2.24, 2.45) is 5.92 Å². The number of para-hydroxylation sites is 1. The number of imidazole rings is 1. The van der Waals surface area contributed by atoms with Gasteiger partial charge in [-0.05, 0) is 24.5 Å². The maximum absolute atomic E-state index is 12.4. The predicted octanol–water partition coefficient (Wildman–Crippen LogP) is 2.94. The fraction of sp³-hybridized carbons (Fsp3) is 0.250. The van der Waals surface area contributed by atoms with Crippen LogP contribution in [0.4, 0.5) is 0 Å². The summed E-state index contributed by atoms with van der Waals surface area (Å²) in [6.45, 7) is 0.742. The predicted molar refractivity (Wildman–Crippen MR) is 76.6 cm³/mol. The molecule has 0 amide bonds. The molecular formula is C16H15N3O. The Morgan fingerprint density at radius 2 is 2.15 bits per heavy atom. The number of hydrogen-bond acceptors (Lipinski definition) is 2. The van der Waals surface area contributed by atoms with Crippen molar-refractivity contribution in [3.8, 4) is 0 Å². The Hall–Kier alpha value is -2.36. The zero-order valence-corrected chi connectivity index (χ0v) is 11.1. The van der Waals surface area contributed by atoms with Gasteiger partial charge in [0.1, 0.15) is 0 Å². The minimum Gasteiger partial charge on any atom is -0.333 e. The number of hydrogen-bond donors (Lipinski definition) is 0. The van der Waals surface area contributed by atoms with Crippen molar-refractivity contribution >= 4 is 16.8 Å². The summed E-state index contributed by atoms with van der Waals surface area (Å²) in [7, 11) is 0. The van der Waals surface area contributed by atoms with Gasteiger partial charge in [-0.15, -0.1) is 0 Å². The zero-order chi connectivity index (χ0) is 13.5. The molecule has 0 atom stereocenters. The minimum atomic E-state index is 0.229. The lowest BCUT2D eigenvalue weighted by molar-refractivity contribution is 0.0891. The van der Waals surface area contributed by atoms with Crippen molar-refractivity contribution < 1.29 is 4.79 Å². The Labute approximate surface area is 116 Å². The lowest BCUT2D eigenvalue weighted by atomic mass is 10.2. The smallest absolute Gasteiger partial charge is 0.234 e. The number of rotatable bonds is 3. The molecule has 0 aliphatic heterocycles. The van der Waals surface area contributed by atoms with Crippen LogP contribution in [-0.2, 0) is 6.54 Å². The third-order valence-corrected chi connectivity index (χ3v) is 3.87. The van der Waals surface area contributed by atoms with E-state index in [-0.39, 0.29) is 11.8 Å². The first-order valence-corrected chi connectivity index (χ1v) is 6.92. The third kappa shape index (κ3) is 1.84. The van der Waals surface area contributed by atoms with Gasteiger partial charge in [0, 0.05) is 29.9 Å². The van der Waals surface area contributed by atoms with Crippen molar-refractivity contribution in [3.05, 3.63) is 54.7 Å². The number of aromatic nitrogens is 3. The fourth-order valence-corrected chi connectivity index (χ4v) is 2.66. The van der Waals surface area contributed by atoms with Crippen molar-refractivity contribution in [2.45, 2.75) is 19.4 Å². The van der Waals surface area contributed by atoms with E-state index in [2.05, 4.69) is 11.1 Å². The van der Waals surface area contributed by atoms with E-state index in [1.54, 1.807) is 12.5 Å². The van der Waals surface area contributed by atoms with E-state index in [1.807, 2.05) is 39.7 Å². The minimum absolute atomic E-state index is 0.229. The molecule has 2 aromatic heterocycles. The van der Waals surface area contributed by atoms with Gasteiger partial charge in [-0.2, -0.15) is 0 Å². The Morgan fingerprint density at radius 1 is 1.30 bits per heavy atom. The average molecular weight is 265 g/mol. The van der Waals surface area contributed by atoms with Crippen LogP contribution in [0.15, 0.2) is 49.2 Å². The molecule has 0 spiro atoms. The molecule has 2 heterocycles. The first-order valence-electron chi connectivity index (χ1n) is 6.92. The van der Waals surface area contributed by atoms with Crippen LogP contribution in [0.2, 0.25) is 0 Å². The van der Waals surface area contributed by atoms with Crippen LogP contribution in [0, 0.1) is 5.92 Å². The molecule has 1 aliphatic rings. The summed E-state index contributed by atoms with van der Waals surface area (Å²) in [6, 6.07) is 8.11. The topological polar surface area (TPSA) is 39.8 Å². The van der Waals surface area contributed by atoms with Crippen molar-refractivity contribution in [1.29, 1.82) is 0 Å². The zero-order valence-electron chi connectivity index (χ0n) is 11.1. The van der Waals surface area contributed by atoms with Gasteiger partial charge >= 0.3 is 0 Å². The Morgan fingerprint density at radius 3 is 2.90 bits per heavy atom. The van der Waals surface area contributed by atoms with Crippen LogP contribution in [0.1, 0.15) is 23.2 Å². The number of carbonyl (C=O) groups excluding carboxylic acids is 1. The van der Waals surface area contributed by atoms with Gasteiger partial charge in [-0.25, -0.2) is 4.98 Å². The van der Waals surface area contributed by atoms with E-state index in [0.717, 1.165) is 35.9 Å². The highest BCUT2D eigenvalue weighted by Gasteiger charge is 2.31. The molecule has 3 aromatic rings. The average Bonchev–Trinajstić information content (AvgIpc) is 3.09. The summed E-state index contributed by atoms with van der Waals surface area (Å²) in [5.74, 6) is 0.463. The molecule has 0 N–H and O–H groups in total. The van der Waals surface area contributed by atoms with Crippen LogP contribution in [-0.4, -0.2) is 20.0 Å². The van der Waals surface area contributed by atoms with E-state index in [9.17, 15) is 4.79 Å². The lowest BCUT2D eigenvalue weighted by Gasteiger charge is -2.01. The Bertz CT molecular complexity index is 766. The Kier molecular flexibility index (Phi) is 2.49. The first kappa shape index (κ1) is 11.5. The summed E-state index contributed by atoms with van der Waals surface area (Å²) < 4.78 is 3.85. The maximum atomic E-state index is 12.4. The van der Waals surface area contributed by atoms with Gasteiger partial charge in [0.05, 0.1) is 18.4 Å². The molecule has 100 valence electrons. The van der Waals surface area contributed by atoms with Gasteiger partial charge in [-0.3, -0.25) is 9.36 Å². The molecule has 1 aromatic carbocycles. The second-order valence-corrected chi connectivity index (χ2v) is 5.39. The van der Waals surface area contributed by atoms with Crippen LogP contribution in [0.5, 0.6) is 0 Å². The second-order valence-electron chi connectivity index (χ2n) is 5.39. The molecule has 4 rings (SSSR count). The van der Waals surface area contributed by atoms with Crippen molar-refractivity contribution in [3.63, 3.8) is 0 Å². The first-order chi connectivity index (χ1) is 9.83. The molecular weight excluding hydrogens is 250 g/mol. The van der Waals surface area contributed by atoms with E-state index in [0.29, 0.717) is 0 Å². The second kappa shape index (κ2) is 4.34. The normalized spacial score (nSPS) is 14.8. The highest BCUT2D eigenvalue weighted by Crippen LogP contribution is 2.33. The number of benzene rings is 1. The summed E-state index contributed by atoms with van der Waals surface area (Å²) in [4.78, 5) is 16.4. The van der Waals surface area contributed by atoms with Gasteiger partial charge in [-0.1, -0.05) is 18.2 Å². The largest absolute Gasteiger partial charge is 0.333 e. The van der Waals surface area contributed by atoms with E-state index < -0.39 is 0 Å². The van der Waals surface area contributed by atoms with Gasteiger partial charge in [0.25, 0.3) is 0 Å². The summed E-state index contributed by atoms with van der Waals surface area (Å²) in [6.07, 6.45) is 9.56. The number of carbonyl (C=O) groups is 1. The number of fused-ring (bicyclic) bond motifs is 1. The summed E-state index contributed by atoms with van der Waals surface area (Å²) in [5.41, 5.74) is 2.17. The molecule has 4 nitrogen and oxygen atoms in total. The quantitative estimate of drug-likeness (QED) is 0.730. The number of nitrogens with zero attached hydrogens (tertiary/aromatic N) is 3. The lowest BCUT2D eigenvalue weighted by Crippen LogP contribution is -2.11. The monoisotopic (exact) mass is 265 g/mol. The molecule has 1 saturated carbocycles.